The van der Waals surface area contributed by atoms with Gasteiger partial charge in [0.2, 0.25) is 0 Å². The molecule has 0 N–H and O–H groups in total. The second-order valence-electron chi connectivity index (χ2n) is 2.00. The summed E-state index contributed by atoms with van der Waals surface area (Å²) in [7, 11) is -2.55. The molecule has 0 aromatic heterocycles. The standard InChI is InChI=1S/C8H6Br2O2/c1-12-8-6(9)3-2-5(4-11)7(8)10/h2-4H,1H3/i1D3. The monoisotopic (exact) mass is 295 g/mol. The molecular weight excluding hydrogens is 288 g/mol. The highest BCUT2D eigenvalue weighted by Crippen LogP contribution is 2.34. The van der Waals surface area contributed by atoms with Crippen molar-refractivity contribution in [3.05, 3.63) is 26.6 Å². The van der Waals surface area contributed by atoms with Gasteiger partial charge in [-0.2, -0.15) is 0 Å². The Balaban J connectivity index is 3.21. The Morgan fingerprint density at radius 1 is 1.58 bits per heavy atom. The molecule has 2 nitrogen and oxygen atoms in total. The van der Waals surface area contributed by atoms with Crippen LogP contribution in [0.2, 0.25) is 0 Å². The number of hydrogen-bond donors (Lipinski definition) is 0. The molecular formula is C8H6Br2O2. The number of halogens is 2. The van der Waals surface area contributed by atoms with Crippen molar-refractivity contribution in [2.75, 3.05) is 7.04 Å². The Kier molecular flexibility index (Phi) is 2.08. The number of benzene rings is 1. The van der Waals surface area contributed by atoms with Crippen LogP contribution < -0.4 is 4.74 Å². The summed E-state index contributed by atoms with van der Waals surface area (Å²) in [5.74, 6) is 0.0969. The molecule has 64 valence electrons. The highest BCUT2D eigenvalue weighted by molar-refractivity contribution is 9.11. The first-order valence-corrected chi connectivity index (χ1v) is 4.56. The van der Waals surface area contributed by atoms with E-state index < -0.39 is 7.04 Å². The van der Waals surface area contributed by atoms with Gasteiger partial charge in [-0.1, -0.05) is 0 Å². The maximum absolute atomic E-state index is 10.6. The first-order valence-electron chi connectivity index (χ1n) is 4.47. The maximum Gasteiger partial charge on any atom is 0.151 e. The summed E-state index contributed by atoms with van der Waals surface area (Å²) in [6.45, 7) is 0. The quantitative estimate of drug-likeness (QED) is 0.784. The van der Waals surface area contributed by atoms with Gasteiger partial charge in [0.15, 0.2) is 6.29 Å². The molecule has 0 amide bonds. The van der Waals surface area contributed by atoms with E-state index in [0.717, 1.165) is 0 Å². The van der Waals surface area contributed by atoms with Crippen LogP contribution in [-0.2, 0) is 0 Å². The van der Waals surface area contributed by atoms with Crippen molar-refractivity contribution in [2.45, 2.75) is 0 Å². The Morgan fingerprint density at radius 2 is 2.33 bits per heavy atom. The predicted octanol–water partition coefficient (Wildman–Crippen LogP) is 3.03. The lowest BCUT2D eigenvalue weighted by Crippen LogP contribution is -1.90. The molecule has 12 heavy (non-hydrogen) atoms. The Hall–Kier alpha value is -0.350. The van der Waals surface area contributed by atoms with Crippen molar-refractivity contribution in [2.24, 2.45) is 0 Å². The Bertz CT molecular complexity index is 390. The van der Waals surface area contributed by atoms with E-state index in [2.05, 4.69) is 31.9 Å². The summed E-state index contributed by atoms with van der Waals surface area (Å²) >= 11 is 6.25. The fraction of sp³-hybridized carbons (Fsp3) is 0.125. The average molecular weight is 297 g/mol. The second-order valence-corrected chi connectivity index (χ2v) is 3.65. The van der Waals surface area contributed by atoms with Gasteiger partial charge in [-0.05, 0) is 44.0 Å². The van der Waals surface area contributed by atoms with E-state index in [1.54, 1.807) is 12.1 Å². The predicted molar refractivity (Wildman–Crippen MR) is 53.8 cm³/mol. The molecule has 0 aliphatic rings. The first-order chi connectivity index (χ1) is 6.85. The van der Waals surface area contributed by atoms with Gasteiger partial charge in [0.25, 0.3) is 0 Å². The van der Waals surface area contributed by atoms with Gasteiger partial charge in [0.05, 0.1) is 20.1 Å². The SMILES string of the molecule is [2H]C([2H])([2H])Oc1c(Br)ccc(C=O)c1Br. The second kappa shape index (κ2) is 4.05. The van der Waals surface area contributed by atoms with Gasteiger partial charge < -0.3 is 4.74 Å². The lowest BCUT2D eigenvalue weighted by atomic mass is 10.2. The molecule has 1 aromatic carbocycles. The van der Waals surface area contributed by atoms with Gasteiger partial charge >= 0.3 is 0 Å². The lowest BCUT2D eigenvalue weighted by Gasteiger charge is -2.06. The third kappa shape index (κ3) is 1.69. The van der Waals surface area contributed by atoms with Crippen LogP contribution >= 0.6 is 31.9 Å². The van der Waals surface area contributed by atoms with Crippen LogP contribution in [0.15, 0.2) is 21.1 Å². The molecule has 0 spiro atoms. The molecule has 0 heterocycles. The molecule has 0 unspecified atom stereocenters. The largest absolute Gasteiger partial charge is 0.494 e. The normalized spacial score (nSPS) is 14.3. The van der Waals surface area contributed by atoms with Crippen molar-refractivity contribution < 1.29 is 13.6 Å². The van der Waals surface area contributed by atoms with E-state index in [1.807, 2.05) is 0 Å². The van der Waals surface area contributed by atoms with Crippen molar-refractivity contribution in [1.29, 1.82) is 0 Å². The highest BCUT2D eigenvalue weighted by Gasteiger charge is 2.08. The highest BCUT2D eigenvalue weighted by atomic mass is 79.9. The van der Waals surface area contributed by atoms with E-state index in [4.69, 9.17) is 8.85 Å². The molecule has 0 saturated carbocycles. The molecule has 0 atom stereocenters. The van der Waals surface area contributed by atoms with Gasteiger partial charge in [-0.15, -0.1) is 0 Å². The number of ether oxygens (including phenoxy) is 1. The minimum atomic E-state index is -2.55. The van der Waals surface area contributed by atoms with Gasteiger partial charge in [0.1, 0.15) is 5.75 Å². The minimum absolute atomic E-state index is 0.0969. The van der Waals surface area contributed by atoms with Crippen LogP contribution in [0.5, 0.6) is 5.75 Å². The third-order valence-corrected chi connectivity index (χ3v) is 2.75. The molecule has 1 rings (SSSR count). The molecule has 0 aliphatic heterocycles. The zero-order valence-electron chi connectivity index (χ0n) is 8.80. The molecule has 0 radical (unpaired) electrons. The van der Waals surface area contributed by atoms with Crippen molar-refractivity contribution >= 4 is 38.1 Å². The minimum Gasteiger partial charge on any atom is -0.494 e. The van der Waals surface area contributed by atoms with Gasteiger partial charge in [0, 0.05) is 5.56 Å². The van der Waals surface area contributed by atoms with Crippen molar-refractivity contribution in [3.8, 4) is 5.75 Å². The average Bonchev–Trinajstić information content (AvgIpc) is 2.11. The van der Waals surface area contributed by atoms with Crippen LogP contribution in [-0.4, -0.2) is 13.3 Å². The van der Waals surface area contributed by atoms with Crippen LogP contribution in [0, 0.1) is 0 Å². The van der Waals surface area contributed by atoms with Crippen LogP contribution in [0.3, 0.4) is 0 Å². The van der Waals surface area contributed by atoms with Gasteiger partial charge in [-0.3, -0.25) is 4.79 Å². The Labute approximate surface area is 91.4 Å². The maximum atomic E-state index is 10.6. The fourth-order valence-corrected chi connectivity index (χ4v) is 1.93. The summed E-state index contributed by atoms with van der Waals surface area (Å²) < 4.78 is 26.5. The number of methoxy groups -OCH3 is 1. The first kappa shape index (κ1) is 6.16. The molecule has 0 fully saturated rings. The molecule has 4 heteroatoms. The summed E-state index contributed by atoms with van der Waals surface area (Å²) in [4.78, 5) is 10.6. The topological polar surface area (TPSA) is 26.3 Å². The summed E-state index contributed by atoms with van der Waals surface area (Å²) in [5.41, 5.74) is 0.331. The van der Waals surface area contributed by atoms with Crippen LogP contribution in [0.25, 0.3) is 0 Å². The number of carbonyl (C=O) groups is 1. The number of hydrogen-bond acceptors (Lipinski definition) is 2. The number of rotatable bonds is 2. The third-order valence-electron chi connectivity index (χ3n) is 1.31. The molecule has 0 bridgehead atoms. The van der Waals surface area contributed by atoms with Gasteiger partial charge in [-0.25, -0.2) is 0 Å². The molecule has 0 aliphatic carbocycles. The van der Waals surface area contributed by atoms with E-state index in [9.17, 15) is 4.79 Å². The number of carbonyl (C=O) groups excluding carboxylic acids is 1. The zero-order valence-corrected chi connectivity index (χ0v) is 8.98. The zero-order chi connectivity index (χ0) is 11.6. The summed E-state index contributed by atoms with van der Waals surface area (Å²) in [6.07, 6.45) is 0.614. The molecule has 1 aromatic rings. The summed E-state index contributed by atoms with van der Waals surface area (Å²) in [5, 5.41) is 0. The lowest BCUT2D eigenvalue weighted by molar-refractivity contribution is 0.112. The van der Waals surface area contributed by atoms with Crippen molar-refractivity contribution in [1.82, 2.24) is 0 Å². The smallest absolute Gasteiger partial charge is 0.151 e. The van der Waals surface area contributed by atoms with E-state index >= 15 is 0 Å². The molecule has 0 saturated heterocycles. The van der Waals surface area contributed by atoms with E-state index in [1.165, 1.54) is 0 Å². The van der Waals surface area contributed by atoms with Crippen LogP contribution in [0.1, 0.15) is 14.5 Å². The van der Waals surface area contributed by atoms with E-state index in [-0.39, 0.29) is 5.75 Å². The summed E-state index contributed by atoms with van der Waals surface area (Å²) in [6, 6.07) is 3.10. The fourth-order valence-electron chi connectivity index (χ4n) is 0.732. The van der Waals surface area contributed by atoms with E-state index in [0.29, 0.717) is 20.8 Å². The van der Waals surface area contributed by atoms with Crippen molar-refractivity contribution in [3.63, 3.8) is 0 Å². The Morgan fingerprint density at radius 3 is 2.92 bits per heavy atom. The number of aldehydes is 1. The van der Waals surface area contributed by atoms with Crippen LogP contribution in [0.4, 0.5) is 0 Å².